The summed E-state index contributed by atoms with van der Waals surface area (Å²) in [5.74, 6) is 0. The Morgan fingerprint density at radius 2 is 2.40 bits per heavy atom. The van der Waals surface area contributed by atoms with Gasteiger partial charge in [0.05, 0.1) is 5.69 Å². The molecule has 0 bridgehead atoms. The Labute approximate surface area is 90.7 Å². The van der Waals surface area contributed by atoms with Crippen molar-refractivity contribution in [3.8, 4) is 0 Å². The number of nitrogens with one attached hydrogen (secondary N) is 1. The third kappa shape index (κ3) is 2.52. The average Bonchev–Trinajstić information content (AvgIpc) is 2.23. The minimum absolute atomic E-state index is 0.212. The van der Waals surface area contributed by atoms with Gasteiger partial charge in [0.25, 0.3) is 0 Å². The third-order valence-electron chi connectivity index (χ3n) is 2.97. The van der Waals surface area contributed by atoms with Crippen LogP contribution in [0.5, 0.6) is 0 Å². The minimum atomic E-state index is 0.212. The Morgan fingerprint density at radius 3 is 3.07 bits per heavy atom. The van der Waals surface area contributed by atoms with Gasteiger partial charge in [-0.2, -0.15) is 0 Å². The van der Waals surface area contributed by atoms with E-state index in [1.807, 2.05) is 6.07 Å². The molecule has 1 N–H and O–H groups in total. The zero-order chi connectivity index (χ0) is 10.7. The fraction of sp³-hybridized carbons (Fsp3) is 0.636. The molecule has 0 amide bonds. The first kappa shape index (κ1) is 10.5. The van der Waals surface area contributed by atoms with Crippen molar-refractivity contribution in [2.75, 3.05) is 19.6 Å². The summed E-state index contributed by atoms with van der Waals surface area (Å²) in [7, 11) is 0. The number of nitrogens with zero attached hydrogens (tertiary/aromatic N) is 3. The van der Waals surface area contributed by atoms with Crippen LogP contribution >= 0.6 is 0 Å². The quantitative estimate of drug-likeness (QED) is 0.772. The molecule has 1 aliphatic heterocycles. The molecule has 4 heteroatoms. The molecule has 15 heavy (non-hydrogen) atoms. The second kappa shape index (κ2) is 4.24. The van der Waals surface area contributed by atoms with Crippen LogP contribution in [0, 0.1) is 0 Å². The molecule has 2 heterocycles. The van der Waals surface area contributed by atoms with Gasteiger partial charge in [-0.05, 0) is 19.9 Å². The summed E-state index contributed by atoms with van der Waals surface area (Å²) in [6.45, 7) is 8.63. The van der Waals surface area contributed by atoms with E-state index in [-0.39, 0.29) is 5.54 Å². The molecular weight excluding hydrogens is 188 g/mol. The van der Waals surface area contributed by atoms with Crippen molar-refractivity contribution >= 4 is 0 Å². The molecule has 1 aliphatic rings. The lowest BCUT2D eigenvalue weighted by atomic mass is 10.00. The maximum atomic E-state index is 4.27. The molecule has 4 nitrogen and oxygen atoms in total. The van der Waals surface area contributed by atoms with Crippen molar-refractivity contribution in [3.05, 3.63) is 24.3 Å². The van der Waals surface area contributed by atoms with E-state index in [2.05, 4.69) is 34.0 Å². The van der Waals surface area contributed by atoms with Crippen LogP contribution in [0.25, 0.3) is 0 Å². The SMILES string of the molecule is CC1(C)CNCCN1Cc1ccncn1. The Bertz CT molecular complexity index is 310. The van der Waals surface area contributed by atoms with E-state index in [9.17, 15) is 0 Å². The largest absolute Gasteiger partial charge is 0.314 e. The predicted octanol–water partition coefficient (Wildman–Crippen LogP) is 0.660. The minimum Gasteiger partial charge on any atom is -0.314 e. The van der Waals surface area contributed by atoms with Gasteiger partial charge >= 0.3 is 0 Å². The van der Waals surface area contributed by atoms with Gasteiger partial charge < -0.3 is 5.32 Å². The predicted molar refractivity (Wildman–Crippen MR) is 59.4 cm³/mol. The third-order valence-corrected chi connectivity index (χ3v) is 2.97. The van der Waals surface area contributed by atoms with Gasteiger partial charge in [-0.25, -0.2) is 9.97 Å². The number of aromatic nitrogens is 2. The van der Waals surface area contributed by atoms with E-state index in [1.165, 1.54) is 0 Å². The Hall–Kier alpha value is -1.00. The van der Waals surface area contributed by atoms with Crippen LogP contribution in [0.3, 0.4) is 0 Å². The van der Waals surface area contributed by atoms with E-state index in [1.54, 1.807) is 12.5 Å². The first-order valence-electron chi connectivity index (χ1n) is 5.39. The molecule has 0 atom stereocenters. The second-order valence-electron chi connectivity index (χ2n) is 4.61. The summed E-state index contributed by atoms with van der Waals surface area (Å²) < 4.78 is 0. The maximum Gasteiger partial charge on any atom is 0.115 e. The Balaban J connectivity index is 2.05. The molecule has 1 saturated heterocycles. The zero-order valence-electron chi connectivity index (χ0n) is 9.40. The highest BCUT2D eigenvalue weighted by Gasteiger charge is 2.29. The molecule has 0 radical (unpaired) electrons. The normalized spacial score (nSPS) is 21.5. The summed E-state index contributed by atoms with van der Waals surface area (Å²) in [4.78, 5) is 10.7. The smallest absolute Gasteiger partial charge is 0.115 e. The first-order valence-corrected chi connectivity index (χ1v) is 5.39. The zero-order valence-corrected chi connectivity index (χ0v) is 9.40. The molecule has 2 rings (SSSR count). The van der Waals surface area contributed by atoms with Crippen LogP contribution in [0.2, 0.25) is 0 Å². The monoisotopic (exact) mass is 206 g/mol. The lowest BCUT2D eigenvalue weighted by molar-refractivity contribution is 0.0814. The highest BCUT2D eigenvalue weighted by Crippen LogP contribution is 2.18. The van der Waals surface area contributed by atoms with Crippen molar-refractivity contribution in [1.29, 1.82) is 0 Å². The van der Waals surface area contributed by atoms with Crippen LogP contribution in [0.1, 0.15) is 19.5 Å². The van der Waals surface area contributed by atoms with Gasteiger partial charge in [-0.1, -0.05) is 0 Å². The molecular formula is C11H18N4. The lowest BCUT2D eigenvalue weighted by Crippen LogP contribution is -2.57. The Kier molecular flexibility index (Phi) is 2.98. The van der Waals surface area contributed by atoms with Crippen LogP contribution in [0.15, 0.2) is 18.6 Å². The fourth-order valence-corrected chi connectivity index (χ4v) is 1.92. The Morgan fingerprint density at radius 1 is 1.53 bits per heavy atom. The van der Waals surface area contributed by atoms with Gasteiger partial charge in [0.15, 0.2) is 0 Å². The number of hydrogen-bond acceptors (Lipinski definition) is 4. The van der Waals surface area contributed by atoms with Gasteiger partial charge in [0.1, 0.15) is 6.33 Å². The van der Waals surface area contributed by atoms with Gasteiger partial charge in [0.2, 0.25) is 0 Å². The standard InChI is InChI=1S/C11H18N4/c1-11(2)8-12-5-6-15(11)7-10-3-4-13-9-14-10/h3-4,9,12H,5-8H2,1-2H3. The summed E-state index contributed by atoms with van der Waals surface area (Å²) in [6, 6.07) is 1.98. The van der Waals surface area contributed by atoms with Crippen molar-refractivity contribution in [3.63, 3.8) is 0 Å². The van der Waals surface area contributed by atoms with Crippen molar-refractivity contribution in [2.24, 2.45) is 0 Å². The molecule has 0 aliphatic carbocycles. The molecule has 0 unspecified atom stereocenters. The molecule has 0 aromatic carbocycles. The van der Waals surface area contributed by atoms with E-state index in [0.717, 1.165) is 31.9 Å². The van der Waals surface area contributed by atoms with Crippen molar-refractivity contribution in [2.45, 2.75) is 25.9 Å². The van der Waals surface area contributed by atoms with E-state index in [4.69, 9.17) is 0 Å². The molecule has 1 aromatic rings. The molecule has 1 fully saturated rings. The highest BCUT2D eigenvalue weighted by molar-refractivity contribution is 5.00. The maximum absolute atomic E-state index is 4.27. The average molecular weight is 206 g/mol. The van der Waals surface area contributed by atoms with Crippen LogP contribution in [0.4, 0.5) is 0 Å². The molecule has 1 aromatic heterocycles. The van der Waals surface area contributed by atoms with Gasteiger partial charge in [0, 0.05) is 37.9 Å². The second-order valence-corrected chi connectivity index (χ2v) is 4.61. The van der Waals surface area contributed by atoms with E-state index >= 15 is 0 Å². The van der Waals surface area contributed by atoms with Crippen LogP contribution < -0.4 is 5.32 Å². The topological polar surface area (TPSA) is 41.0 Å². The summed E-state index contributed by atoms with van der Waals surface area (Å²) in [6.07, 6.45) is 3.42. The van der Waals surface area contributed by atoms with Gasteiger partial charge in [-0.15, -0.1) is 0 Å². The van der Waals surface area contributed by atoms with Crippen LogP contribution in [-0.4, -0.2) is 40.0 Å². The van der Waals surface area contributed by atoms with Gasteiger partial charge in [-0.3, -0.25) is 4.90 Å². The van der Waals surface area contributed by atoms with E-state index in [0.29, 0.717) is 0 Å². The summed E-state index contributed by atoms with van der Waals surface area (Å²) in [5.41, 5.74) is 1.31. The van der Waals surface area contributed by atoms with Crippen LogP contribution in [-0.2, 0) is 6.54 Å². The fourth-order valence-electron chi connectivity index (χ4n) is 1.92. The lowest BCUT2D eigenvalue weighted by Gasteiger charge is -2.42. The summed E-state index contributed by atoms with van der Waals surface area (Å²) in [5, 5.41) is 3.42. The van der Waals surface area contributed by atoms with E-state index < -0.39 is 0 Å². The van der Waals surface area contributed by atoms with Crippen molar-refractivity contribution < 1.29 is 0 Å². The first-order chi connectivity index (χ1) is 7.18. The molecule has 82 valence electrons. The van der Waals surface area contributed by atoms with Crippen molar-refractivity contribution in [1.82, 2.24) is 20.2 Å². The summed E-state index contributed by atoms with van der Waals surface area (Å²) >= 11 is 0. The molecule has 0 saturated carbocycles. The number of hydrogen-bond donors (Lipinski definition) is 1. The molecule has 0 spiro atoms. The number of piperazine rings is 1. The number of rotatable bonds is 2. The highest BCUT2D eigenvalue weighted by atomic mass is 15.3.